The predicted octanol–water partition coefficient (Wildman–Crippen LogP) is 5.24. The summed E-state index contributed by atoms with van der Waals surface area (Å²) in [5.74, 6) is 1.47. The van der Waals surface area contributed by atoms with E-state index in [1.54, 1.807) is 51.7 Å². The van der Waals surface area contributed by atoms with Gasteiger partial charge in [0.15, 0.2) is 11.5 Å². The number of aromatic hydroxyl groups is 1. The number of nitrogens with one attached hydrogen (secondary N) is 1. The van der Waals surface area contributed by atoms with E-state index in [0.29, 0.717) is 17.2 Å². The molecule has 0 spiro atoms. The maximum absolute atomic E-state index is 12.6. The third kappa shape index (κ3) is 4.71. The highest BCUT2D eigenvalue weighted by Gasteiger charge is 2.14. The van der Waals surface area contributed by atoms with Gasteiger partial charge in [-0.1, -0.05) is 18.2 Å². The van der Waals surface area contributed by atoms with Crippen LogP contribution in [-0.4, -0.2) is 41.9 Å². The highest BCUT2D eigenvalue weighted by Crippen LogP contribution is 2.38. The Labute approximate surface area is 219 Å². The van der Waals surface area contributed by atoms with Crippen molar-refractivity contribution in [2.24, 2.45) is 0 Å². The first kappa shape index (κ1) is 24.7. The molecule has 8 heteroatoms. The number of phenols is 1. The summed E-state index contributed by atoms with van der Waals surface area (Å²) in [6.45, 7) is 0.271. The first-order valence-electron chi connectivity index (χ1n) is 12.0. The minimum atomic E-state index is -0.257. The van der Waals surface area contributed by atoms with E-state index in [2.05, 4.69) is 27.0 Å². The number of carbonyl (C=O) groups excluding carboxylic acids is 1. The molecule has 8 nitrogen and oxygen atoms in total. The minimum absolute atomic E-state index is 0.213. The zero-order chi connectivity index (χ0) is 26.6. The normalized spacial score (nSPS) is 11.2. The summed E-state index contributed by atoms with van der Waals surface area (Å²) >= 11 is 0. The molecule has 0 aliphatic rings. The summed E-state index contributed by atoms with van der Waals surface area (Å²) in [5.41, 5.74) is 4.37. The third-order valence-corrected chi connectivity index (χ3v) is 6.28. The van der Waals surface area contributed by atoms with Crippen molar-refractivity contribution in [3.05, 3.63) is 90.3 Å². The molecule has 0 radical (unpaired) electrons. The van der Waals surface area contributed by atoms with Gasteiger partial charge in [0, 0.05) is 22.5 Å². The van der Waals surface area contributed by atoms with Gasteiger partial charge in [-0.3, -0.25) is 9.78 Å². The number of hydrogen-bond donors (Lipinski definition) is 2. The van der Waals surface area contributed by atoms with Crippen LogP contribution >= 0.6 is 0 Å². The van der Waals surface area contributed by atoms with Crippen molar-refractivity contribution < 1.29 is 24.1 Å². The number of ether oxygens (including phenoxy) is 3. The molecule has 0 unspecified atom stereocenters. The molecule has 0 saturated heterocycles. The van der Waals surface area contributed by atoms with E-state index in [9.17, 15) is 9.90 Å². The van der Waals surface area contributed by atoms with Gasteiger partial charge < -0.3 is 29.2 Å². The molecular formula is C30H27N3O5. The van der Waals surface area contributed by atoms with Gasteiger partial charge in [0.05, 0.1) is 50.8 Å². The highest BCUT2D eigenvalue weighted by molar-refractivity contribution is 6.09. The second-order valence-electron chi connectivity index (χ2n) is 8.57. The van der Waals surface area contributed by atoms with Crippen molar-refractivity contribution in [3.63, 3.8) is 0 Å². The number of nitrogens with zero attached hydrogens (tertiary/aromatic N) is 2. The number of hydrogen-bond acceptors (Lipinski definition) is 6. The third-order valence-electron chi connectivity index (χ3n) is 6.28. The number of phenolic OH excluding ortho intramolecular Hbond substituents is 1. The van der Waals surface area contributed by atoms with Crippen molar-refractivity contribution in [2.75, 3.05) is 21.3 Å². The molecule has 38 heavy (non-hydrogen) atoms. The molecule has 5 aromatic rings. The Balaban J connectivity index is 1.37. The largest absolute Gasteiger partial charge is 0.508 e. The van der Waals surface area contributed by atoms with Gasteiger partial charge in [-0.15, -0.1) is 0 Å². The lowest BCUT2D eigenvalue weighted by Crippen LogP contribution is -2.20. The van der Waals surface area contributed by atoms with Crippen molar-refractivity contribution >= 4 is 33.8 Å². The molecule has 0 aliphatic carbocycles. The predicted molar refractivity (Wildman–Crippen MR) is 147 cm³/mol. The summed E-state index contributed by atoms with van der Waals surface area (Å²) in [5, 5.41) is 14.7. The lowest BCUT2D eigenvalue weighted by atomic mass is 10.1. The van der Waals surface area contributed by atoms with E-state index < -0.39 is 0 Å². The van der Waals surface area contributed by atoms with Crippen LogP contribution < -0.4 is 19.5 Å². The van der Waals surface area contributed by atoms with Crippen molar-refractivity contribution in [2.45, 2.75) is 6.54 Å². The molecule has 0 atom stereocenters. The molecule has 192 valence electrons. The summed E-state index contributed by atoms with van der Waals surface area (Å²) in [6, 6.07) is 20.7. The number of amides is 1. The van der Waals surface area contributed by atoms with Gasteiger partial charge in [-0.2, -0.15) is 0 Å². The number of rotatable bonds is 8. The SMILES string of the molecule is COc1cc(/C=C/C(=O)NCc2cc3c4ccccc4n(-c4ccc(O)cc4)c3cn2)cc(OC)c1OC. The maximum Gasteiger partial charge on any atom is 0.244 e. The Kier molecular flexibility index (Phi) is 6.86. The van der Waals surface area contributed by atoms with E-state index in [1.807, 2.05) is 36.5 Å². The molecule has 5 rings (SSSR count). The maximum atomic E-state index is 12.6. The van der Waals surface area contributed by atoms with Crippen LogP contribution in [0.5, 0.6) is 23.0 Å². The van der Waals surface area contributed by atoms with E-state index >= 15 is 0 Å². The van der Waals surface area contributed by atoms with Crippen LogP contribution in [0.3, 0.4) is 0 Å². The topological polar surface area (TPSA) is 94.8 Å². The molecule has 1 amide bonds. The van der Waals surface area contributed by atoms with Gasteiger partial charge in [-0.25, -0.2) is 0 Å². The number of aromatic nitrogens is 2. The summed E-state index contributed by atoms with van der Waals surface area (Å²) in [7, 11) is 4.63. The standard InChI is InChI=1S/C30H27N3O5/c1-36-27-14-19(15-28(37-2)30(27)38-3)8-13-29(35)32-17-20-16-24-23-6-4-5-7-25(23)33(26(24)18-31-20)21-9-11-22(34)12-10-21/h4-16,18,34H,17H2,1-3H3,(H,32,35)/b13-8+. The first-order valence-corrected chi connectivity index (χ1v) is 12.0. The summed E-state index contributed by atoms with van der Waals surface area (Å²) in [6.07, 6.45) is 4.95. The van der Waals surface area contributed by atoms with Crippen LogP contribution in [0.4, 0.5) is 0 Å². The van der Waals surface area contributed by atoms with Gasteiger partial charge in [0.2, 0.25) is 11.7 Å². The molecule has 0 fully saturated rings. The fraction of sp³-hybridized carbons (Fsp3) is 0.133. The minimum Gasteiger partial charge on any atom is -0.508 e. The Morgan fingerprint density at radius 3 is 2.32 bits per heavy atom. The lowest BCUT2D eigenvalue weighted by Gasteiger charge is -2.12. The van der Waals surface area contributed by atoms with Crippen LogP contribution in [0.15, 0.2) is 79.0 Å². The Bertz CT molecular complexity index is 1630. The number of para-hydroxylation sites is 1. The second-order valence-corrected chi connectivity index (χ2v) is 8.57. The number of fused-ring (bicyclic) bond motifs is 3. The fourth-order valence-electron chi connectivity index (χ4n) is 4.49. The summed E-state index contributed by atoms with van der Waals surface area (Å²) in [4.78, 5) is 17.2. The first-order chi connectivity index (χ1) is 18.5. The molecule has 0 saturated carbocycles. The van der Waals surface area contributed by atoms with E-state index in [1.165, 1.54) is 6.08 Å². The second kappa shape index (κ2) is 10.6. The average Bonchev–Trinajstić information content (AvgIpc) is 3.28. The summed E-state index contributed by atoms with van der Waals surface area (Å²) < 4.78 is 18.2. The van der Waals surface area contributed by atoms with Crippen LogP contribution in [0, 0.1) is 0 Å². The zero-order valence-corrected chi connectivity index (χ0v) is 21.3. The number of benzene rings is 3. The van der Waals surface area contributed by atoms with Gasteiger partial charge >= 0.3 is 0 Å². The van der Waals surface area contributed by atoms with Crippen LogP contribution in [-0.2, 0) is 11.3 Å². The molecule has 3 aromatic carbocycles. The molecule has 0 aliphatic heterocycles. The van der Waals surface area contributed by atoms with Crippen LogP contribution in [0.2, 0.25) is 0 Å². The van der Waals surface area contributed by atoms with Gasteiger partial charge in [0.1, 0.15) is 5.75 Å². The van der Waals surface area contributed by atoms with E-state index in [-0.39, 0.29) is 18.2 Å². The van der Waals surface area contributed by atoms with Crippen LogP contribution in [0.25, 0.3) is 33.6 Å². The van der Waals surface area contributed by atoms with E-state index in [4.69, 9.17) is 14.2 Å². The van der Waals surface area contributed by atoms with Crippen molar-refractivity contribution in [3.8, 4) is 28.7 Å². The van der Waals surface area contributed by atoms with E-state index in [0.717, 1.165) is 38.8 Å². The lowest BCUT2D eigenvalue weighted by molar-refractivity contribution is -0.116. The smallest absolute Gasteiger partial charge is 0.244 e. The fourth-order valence-corrected chi connectivity index (χ4v) is 4.49. The van der Waals surface area contributed by atoms with Crippen LogP contribution in [0.1, 0.15) is 11.3 Å². The molecule has 2 N–H and O–H groups in total. The monoisotopic (exact) mass is 509 g/mol. The Morgan fingerprint density at radius 2 is 1.63 bits per heavy atom. The zero-order valence-electron chi connectivity index (χ0n) is 21.3. The Hall–Kier alpha value is -4.98. The number of methoxy groups -OCH3 is 3. The Morgan fingerprint density at radius 1 is 0.921 bits per heavy atom. The number of pyridine rings is 1. The molecular weight excluding hydrogens is 482 g/mol. The molecule has 2 aromatic heterocycles. The highest BCUT2D eigenvalue weighted by atomic mass is 16.5. The van der Waals surface area contributed by atoms with Crippen molar-refractivity contribution in [1.29, 1.82) is 0 Å². The quantitative estimate of drug-likeness (QED) is 0.278. The number of carbonyl (C=O) groups is 1. The molecule has 0 bridgehead atoms. The molecule has 2 heterocycles. The van der Waals surface area contributed by atoms with Gasteiger partial charge in [0.25, 0.3) is 0 Å². The van der Waals surface area contributed by atoms with Gasteiger partial charge in [-0.05, 0) is 60.2 Å². The average molecular weight is 510 g/mol. The van der Waals surface area contributed by atoms with Crippen molar-refractivity contribution in [1.82, 2.24) is 14.9 Å².